The topological polar surface area (TPSA) is 112 Å². The monoisotopic (exact) mass is 176 g/mol. The lowest BCUT2D eigenvalue weighted by atomic mass is 10.2. The van der Waals surface area contributed by atoms with Crippen molar-refractivity contribution < 1.29 is 29.7 Å². The van der Waals surface area contributed by atoms with Crippen LogP contribution >= 0.6 is 0 Å². The second-order valence-corrected chi connectivity index (χ2v) is 1.58. The predicted octanol–water partition coefficient (Wildman–Crippen LogP) is -0.197. The van der Waals surface area contributed by atoms with Crippen molar-refractivity contribution in [2.75, 3.05) is 0 Å². The minimum atomic E-state index is -1.27. The van der Waals surface area contributed by atoms with Crippen LogP contribution in [0.2, 0.25) is 0 Å². The number of carbonyl (C=O) groups is 3. The Morgan fingerprint density at radius 3 is 1.75 bits per heavy atom. The van der Waals surface area contributed by atoms with Gasteiger partial charge in [-0.1, -0.05) is 6.58 Å². The molecular weight excluding hydrogens is 168 g/mol. The lowest BCUT2D eigenvalue weighted by Crippen LogP contribution is -2.04. The summed E-state index contributed by atoms with van der Waals surface area (Å²) in [4.78, 5) is 28.0. The smallest absolute Gasteiger partial charge is 0.331 e. The molecule has 0 saturated carbocycles. The number of hydrogen-bond donors (Lipinski definition) is 3. The van der Waals surface area contributed by atoms with Crippen LogP contribution in [0.25, 0.3) is 0 Å². The van der Waals surface area contributed by atoms with Crippen molar-refractivity contribution in [1.29, 1.82) is 0 Å². The third-order valence-corrected chi connectivity index (χ3v) is 0.667. The quantitative estimate of drug-likeness (QED) is 0.405. The Bertz CT molecular complexity index is 194. The molecule has 0 atom stereocenters. The molecule has 68 valence electrons. The molecule has 0 aliphatic carbocycles. The van der Waals surface area contributed by atoms with E-state index in [-0.39, 0.29) is 12.0 Å². The molecule has 0 spiro atoms. The Labute approximate surface area is 67.7 Å². The zero-order valence-corrected chi connectivity index (χ0v) is 6.06. The first kappa shape index (κ1) is 12.8. The molecule has 0 heterocycles. The van der Waals surface area contributed by atoms with Gasteiger partial charge in [-0.3, -0.25) is 9.59 Å². The van der Waals surface area contributed by atoms with Crippen LogP contribution in [0.15, 0.2) is 12.2 Å². The number of hydrogen-bond acceptors (Lipinski definition) is 3. The molecule has 0 amide bonds. The van der Waals surface area contributed by atoms with Gasteiger partial charge in [0.1, 0.15) is 0 Å². The SMILES string of the molecule is C=C(CC(=O)O)C(=O)O.O=CO. The van der Waals surface area contributed by atoms with Crippen molar-refractivity contribution in [3.8, 4) is 0 Å². The lowest BCUT2D eigenvalue weighted by Gasteiger charge is -1.91. The van der Waals surface area contributed by atoms with Crippen LogP contribution in [-0.2, 0) is 14.4 Å². The van der Waals surface area contributed by atoms with E-state index >= 15 is 0 Å². The zero-order valence-electron chi connectivity index (χ0n) is 6.06. The highest BCUT2D eigenvalue weighted by molar-refractivity contribution is 5.91. The summed E-state index contributed by atoms with van der Waals surface area (Å²) < 4.78 is 0. The first-order chi connectivity index (χ1) is 5.45. The van der Waals surface area contributed by atoms with Gasteiger partial charge in [0.05, 0.1) is 6.42 Å². The lowest BCUT2D eigenvalue weighted by molar-refractivity contribution is -0.139. The van der Waals surface area contributed by atoms with Gasteiger partial charge in [0.2, 0.25) is 0 Å². The average molecular weight is 176 g/mol. The minimum absolute atomic E-state index is 0.250. The van der Waals surface area contributed by atoms with Crippen LogP contribution in [-0.4, -0.2) is 33.7 Å². The highest BCUT2D eigenvalue weighted by Gasteiger charge is 2.07. The summed E-state index contributed by atoms with van der Waals surface area (Å²) >= 11 is 0. The van der Waals surface area contributed by atoms with Gasteiger partial charge in [-0.05, 0) is 0 Å². The third-order valence-electron chi connectivity index (χ3n) is 0.667. The maximum Gasteiger partial charge on any atom is 0.331 e. The molecule has 6 heteroatoms. The Morgan fingerprint density at radius 1 is 1.33 bits per heavy atom. The molecule has 0 aromatic rings. The molecule has 0 aliphatic heterocycles. The zero-order chi connectivity index (χ0) is 10.1. The first-order valence-corrected chi connectivity index (χ1v) is 2.66. The third kappa shape index (κ3) is 11.0. The van der Waals surface area contributed by atoms with Gasteiger partial charge in [-0.2, -0.15) is 0 Å². The van der Waals surface area contributed by atoms with Gasteiger partial charge in [0.25, 0.3) is 6.47 Å². The van der Waals surface area contributed by atoms with Gasteiger partial charge in [0.15, 0.2) is 0 Å². The molecule has 0 radical (unpaired) electrons. The standard InChI is InChI=1S/C5H6O4.CH2O2/c1-3(5(8)9)2-4(6)7;2-1-3/h1-2H2,(H,6,7)(H,8,9);1H,(H,2,3). The summed E-state index contributed by atoms with van der Waals surface area (Å²) in [5.41, 5.74) is -0.303. The normalized spacial score (nSPS) is 7.33. The summed E-state index contributed by atoms with van der Waals surface area (Å²) in [5, 5.41) is 23.0. The Kier molecular flexibility index (Phi) is 7.74. The van der Waals surface area contributed by atoms with Crippen molar-refractivity contribution >= 4 is 18.4 Å². The molecule has 0 aromatic heterocycles. The largest absolute Gasteiger partial charge is 0.483 e. The van der Waals surface area contributed by atoms with Crippen LogP contribution in [0.3, 0.4) is 0 Å². The molecule has 0 unspecified atom stereocenters. The van der Waals surface area contributed by atoms with Gasteiger partial charge >= 0.3 is 11.9 Å². The Hall–Kier alpha value is -1.85. The van der Waals surface area contributed by atoms with E-state index in [0.717, 1.165) is 0 Å². The van der Waals surface area contributed by atoms with Crippen molar-refractivity contribution in [1.82, 2.24) is 0 Å². The molecule has 0 aromatic carbocycles. The van der Waals surface area contributed by atoms with Gasteiger partial charge in [-0.15, -0.1) is 0 Å². The van der Waals surface area contributed by atoms with Crippen molar-refractivity contribution in [2.24, 2.45) is 0 Å². The fraction of sp³-hybridized carbons (Fsp3) is 0.167. The summed E-state index contributed by atoms with van der Waals surface area (Å²) in [7, 11) is 0. The van der Waals surface area contributed by atoms with E-state index in [1.165, 1.54) is 0 Å². The highest BCUT2D eigenvalue weighted by Crippen LogP contribution is 1.95. The summed E-state index contributed by atoms with van der Waals surface area (Å²) in [5.74, 6) is -2.44. The predicted molar refractivity (Wildman–Crippen MR) is 37.7 cm³/mol. The molecule has 0 bridgehead atoms. The number of carboxylic acids is 2. The molecule has 12 heavy (non-hydrogen) atoms. The number of aliphatic carboxylic acids is 2. The van der Waals surface area contributed by atoms with Crippen molar-refractivity contribution in [3.63, 3.8) is 0 Å². The Balaban J connectivity index is 0. The van der Waals surface area contributed by atoms with Crippen LogP contribution in [0.4, 0.5) is 0 Å². The van der Waals surface area contributed by atoms with E-state index in [0.29, 0.717) is 0 Å². The van der Waals surface area contributed by atoms with E-state index < -0.39 is 18.4 Å². The van der Waals surface area contributed by atoms with Gasteiger partial charge in [-0.25, -0.2) is 4.79 Å². The molecule has 0 rings (SSSR count). The van der Waals surface area contributed by atoms with E-state index in [4.69, 9.17) is 20.1 Å². The summed E-state index contributed by atoms with van der Waals surface area (Å²) in [6, 6.07) is 0. The number of carboxylic acid groups (broad SMARTS) is 3. The van der Waals surface area contributed by atoms with Crippen molar-refractivity contribution in [3.05, 3.63) is 12.2 Å². The maximum absolute atomic E-state index is 9.87. The fourth-order valence-corrected chi connectivity index (χ4v) is 0.258. The fourth-order valence-electron chi connectivity index (χ4n) is 0.258. The maximum atomic E-state index is 9.87. The first-order valence-electron chi connectivity index (χ1n) is 2.66. The average Bonchev–Trinajstić information content (AvgIpc) is 1.87. The molecular formula is C6H8O6. The number of rotatable bonds is 3. The van der Waals surface area contributed by atoms with Crippen LogP contribution < -0.4 is 0 Å². The molecule has 6 nitrogen and oxygen atoms in total. The van der Waals surface area contributed by atoms with E-state index in [2.05, 4.69) is 6.58 Å². The highest BCUT2D eigenvalue weighted by atomic mass is 16.4. The van der Waals surface area contributed by atoms with E-state index in [9.17, 15) is 9.59 Å². The van der Waals surface area contributed by atoms with E-state index in [1.807, 2.05) is 0 Å². The summed E-state index contributed by atoms with van der Waals surface area (Å²) in [6.45, 7) is 2.76. The second-order valence-electron chi connectivity index (χ2n) is 1.58. The van der Waals surface area contributed by atoms with E-state index in [1.54, 1.807) is 0 Å². The minimum Gasteiger partial charge on any atom is -0.483 e. The molecule has 0 saturated heterocycles. The summed E-state index contributed by atoms with van der Waals surface area (Å²) in [6.07, 6.45) is -0.505. The van der Waals surface area contributed by atoms with Gasteiger partial charge in [0, 0.05) is 5.57 Å². The Morgan fingerprint density at radius 2 is 1.67 bits per heavy atom. The van der Waals surface area contributed by atoms with Gasteiger partial charge < -0.3 is 15.3 Å². The van der Waals surface area contributed by atoms with Crippen LogP contribution in [0.5, 0.6) is 0 Å². The molecule has 0 aliphatic rings. The molecule has 0 fully saturated rings. The van der Waals surface area contributed by atoms with Crippen LogP contribution in [0, 0.1) is 0 Å². The molecule has 3 N–H and O–H groups in total. The second kappa shape index (κ2) is 7.26. The van der Waals surface area contributed by atoms with Crippen molar-refractivity contribution in [2.45, 2.75) is 6.42 Å². The van der Waals surface area contributed by atoms with Crippen LogP contribution in [0.1, 0.15) is 6.42 Å².